The van der Waals surface area contributed by atoms with Crippen LogP contribution in [0.2, 0.25) is 0 Å². The zero-order valence-electron chi connectivity index (χ0n) is 19.6. The van der Waals surface area contributed by atoms with E-state index < -0.39 is 0 Å². The van der Waals surface area contributed by atoms with Crippen molar-refractivity contribution in [3.05, 3.63) is 78.4 Å². The average molecular weight is 474 g/mol. The van der Waals surface area contributed by atoms with Crippen molar-refractivity contribution >= 4 is 29.0 Å². The highest BCUT2D eigenvalue weighted by Gasteiger charge is 2.17. The van der Waals surface area contributed by atoms with Crippen LogP contribution in [0.25, 0.3) is 17.1 Å². The summed E-state index contributed by atoms with van der Waals surface area (Å²) in [5, 5.41) is 12.4. The van der Waals surface area contributed by atoms with Gasteiger partial charge in [0.2, 0.25) is 5.91 Å². The number of hydrogen-bond donors (Lipinski definition) is 1. The van der Waals surface area contributed by atoms with Crippen LogP contribution in [0.3, 0.4) is 0 Å². The van der Waals surface area contributed by atoms with Gasteiger partial charge in [0, 0.05) is 36.7 Å². The molecule has 0 aliphatic carbocycles. The quantitative estimate of drug-likeness (QED) is 0.361. The van der Waals surface area contributed by atoms with Crippen LogP contribution in [-0.2, 0) is 4.79 Å². The molecule has 1 aromatic heterocycles. The molecule has 0 aliphatic heterocycles. The Bertz CT molecular complexity index is 1250. The fourth-order valence-electron chi connectivity index (χ4n) is 3.39. The van der Waals surface area contributed by atoms with E-state index in [-0.39, 0.29) is 11.7 Å². The largest absolute Gasteiger partial charge is 0.497 e. The lowest BCUT2D eigenvalue weighted by Crippen LogP contribution is -2.15. The van der Waals surface area contributed by atoms with E-state index >= 15 is 0 Å². The lowest BCUT2D eigenvalue weighted by atomic mass is 10.2. The highest BCUT2D eigenvalue weighted by Crippen LogP contribution is 2.29. The predicted molar refractivity (Wildman–Crippen MR) is 138 cm³/mol. The zero-order valence-corrected chi connectivity index (χ0v) is 20.5. The highest BCUT2D eigenvalue weighted by atomic mass is 32.2. The summed E-state index contributed by atoms with van der Waals surface area (Å²) in [6.07, 6.45) is 0. The first-order valence-corrected chi connectivity index (χ1v) is 11.8. The van der Waals surface area contributed by atoms with Crippen LogP contribution in [0.5, 0.6) is 5.75 Å². The monoisotopic (exact) mass is 473 g/mol. The molecular weight excluding hydrogens is 446 g/mol. The maximum Gasteiger partial charge on any atom is 0.234 e. The minimum absolute atomic E-state index is 0.105. The van der Waals surface area contributed by atoms with Crippen molar-refractivity contribution in [1.82, 2.24) is 14.8 Å². The van der Waals surface area contributed by atoms with Crippen molar-refractivity contribution in [2.75, 3.05) is 37.2 Å². The molecule has 7 nitrogen and oxygen atoms in total. The molecule has 0 bridgehead atoms. The van der Waals surface area contributed by atoms with Crippen molar-refractivity contribution in [1.29, 1.82) is 0 Å². The molecule has 174 valence electrons. The number of nitrogens with one attached hydrogen (secondary N) is 1. The standard InChI is InChI=1S/C26H27N5O2S/c1-18-5-11-22(12-6-18)31-25(19-7-15-23(33-4)16-8-19)28-29-26(31)34-17-24(32)27-20-9-13-21(14-10-20)30(2)3/h5-16H,17H2,1-4H3,(H,27,32). The molecule has 0 radical (unpaired) electrons. The Kier molecular flexibility index (Phi) is 7.18. The molecule has 0 aliphatic rings. The summed E-state index contributed by atoms with van der Waals surface area (Å²) in [7, 11) is 5.60. The summed E-state index contributed by atoms with van der Waals surface area (Å²) in [6, 6.07) is 23.6. The van der Waals surface area contributed by atoms with Crippen molar-refractivity contribution < 1.29 is 9.53 Å². The first-order chi connectivity index (χ1) is 16.4. The van der Waals surface area contributed by atoms with Crippen LogP contribution < -0.4 is 15.0 Å². The Hall–Kier alpha value is -3.78. The van der Waals surface area contributed by atoms with E-state index in [4.69, 9.17) is 4.74 Å². The number of aromatic nitrogens is 3. The molecule has 0 fully saturated rings. The van der Waals surface area contributed by atoms with E-state index in [0.717, 1.165) is 33.9 Å². The molecule has 3 aromatic carbocycles. The number of nitrogens with zero attached hydrogens (tertiary/aromatic N) is 4. The van der Waals surface area contributed by atoms with Crippen LogP contribution in [0.15, 0.2) is 78.0 Å². The molecule has 1 heterocycles. The predicted octanol–water partition coefficient (Wildman–Crippen LogP) is 5.05. The lowest BCUT2D eigenvalue weighted by molar-refractivity contribution is -0.113. The van der Waals surface area contributed by atoms with Gasteiger partial charge in [0.05, 0.1) is 12.9 Å². The lowest BCUT2D eigenvalue weighted by Gasteiger charge is -2.13. The second-order valence-electron chi connectivity index (χ2n) is 7.98. The molecule has 1 N–H and O–H groups in total. The molecule has 4 aromatic rings. The van der Waals surface area contributed by atoms with Crippen molar-refractivity contribution in [2.45, 2.75) is 12.1 Å². The van der Waals surface area contributed by atoms with Crippen molar-refractivity contribution in [2.24, 2.45) is 0 Å². The molecule has 0 unspecified atom stereocenters. The fourth-order valence-corrected chi connectivity index (χ4v) is 4.14. The smallest absolute Gasteiger partial charge is 0.234 e. The molecule has 1 amide bonds. The number of amides is 1. The molecule has 34 heavy (non-hydrogen) atoms. The van der Waals surface area contributed by atoms with Gasteiger partial charge in [-0.05, 0) is 67.6 Å². The van der Waals surface area contributed by atoms with Crippen LogP contribution in [-0.4, -0.2) is 47.6 Å². The van der Waals surface area contributed by atoms with E-state index in [1.807, 2.05) is 103 Å². The first-order valence-electron chi connectivity index (χ1n) is 10.8. The van der Waals surface area contributed by atoms with Gasteiger partial charge in [-0.3, -0.25) is 9.36 Å². The van der Waals surface area contributed by atoms with Crippen molar-refractivity contribution in [3.8, 4) is 22.8 Å². The number of rotatable bonds is 8. The Morgan fingerprint density at radius 3 is 2.26 bits per heavy atom. The molecule has 0 saturated carbocycles. The first kappa shape index (κ1) is 23.4. The number of anilines is 2. The summed E-state index contributed by atoms with van der Waals surface area (Å²) in [5.41, 5.74) is 4.84. The van der Waals surface area contributed by atoms with Gasteiger partial charge in [-0.1, -0.05) is 29.5 Å². The van der Waals surface area contributed by atoms with Crippen LogP contribution >= 0.6 is 11.8 Å². The van der Waals surface area contributed by atoms with Crippen molar-refractivity contribution in [3.63, 3.8) is 0 Å². The Balaban J connectivity index is 1.55. The Morgan fingerprint density at radius 2 is 1.65 bits per heavy atom. The summed E-state index contributed by atoms with van der Waals surface area (Å²) in [4.78, 5) is 14.6. The summed E-state index contributed by atoms with van der Waals surface area (Å²) >= 11 is 1.35. The molecule has 0 saturated heterocycles. The third-order valence-corrected chi connectivity index (χ3v) is 6.20. The van der Waals surface area contributed by atoms with E-state index in [1.54, 1.807) is 7.11 Å². The van der Waals surface area contributed by atoms with Crippen LogP contribution in [0.4, 0.5) is 11.4 Å². The maximum absolute atomic E-state index is 12.6. The van der Waals surface area contributed by atoms with E-state index in [1.165, 1.54) is 11.8 Å². The minimum atomic E-state index is -0.105. The van der Waals surface area contributed by atoms with E-state index in [0.29, 0.717) is 11.0 Å². The van der Waals surface area contributed by atoms with E-state index in [9.17, 15) is 4.79 Å². The van der Waals surface area contributed by atoms with Gasteiger partial charge in [0.1, 0.15) is 5.75 Å². The third kappa shape index (κ3) is 5.40. The molecule has 8 heteroatoms. The zero-order chi connectivity index (χ0) is 24.1. The van der Waals surface area contributed by atoms with Gasteiger partial charge >= 0.3 is 0 Å². The molecule has 0 spiro atoms. The van der Waals surface area contributed by atoms with E-state index in [2.05, 4.69) is 15.5 Å². The van der Waals surface area contributed by atoms with Crippen LogP contribution in [0, 0.1) is 6.92 Å². The van der Waals surface area contributed by atoms with Gasteiger partial charge in [-0.15, -0.1) is 10.2 Å². The van der Waals surface area contributed by atoms with Gasteiger partial charge in [0.25, 0.3) is 0 Å². The van der Waals surface area contributed by atoms with Crippen LogP contribution in [0.1, 0.15) is 5.56 Å². The fraction of sp³-hybridized carbons (Fsp3) is 0.192. The molecular formula is C26H27N5O2S. The maximum atomic E-state index is 12.6. The minimum Gasteiger partial charge on any atom is -0.497 e. The number of aryl methyl sites for hydroxylation is 1. The number of hydrogen-bond acceptors (Lipinski definition) is 6. The normalized spacial score (nSPS) is 10.7. The van der Waals surface area contributed by atoms with Gasteiger partial charge in [-0.2, -0.15) is 0 Å². The number of carbonyl (C=O) groups excluding carboxylic acids is 1. The van der Waals surface area contributed by atoms with Gasteiger partial charge < -0.3 is 15.0 Å². The molecule has 0 atom stereocenters. The average Bonchev–Trinajstić information content (AvgIpc) is 3.27. The number of carbonyl (C=O) groups is 1. The second-order valence-corrected chi connectivity index (χ2v) is 8.93. The molecule has 4 rings (SSSR count). The Morgan fingerprint density at radius 1 is 0.971 bits per heavy atom. The van der Waals surface area contributed by atoms with Gasteiger partial charge in [-0.25, -0.2) is 0 Å². The summed E-state index contributed by atoms with van der Waals surface area (Å²) in [6.45, 7) is 2.05. The topological polar surface area (TPSA) is 72.3 Å². The number of benzene rings is 3. The third-order valence-electron chi connectivity index (χ3n) is 5.27. The SMILES string of the molecule is COc1ccc(-c2nnc(SCC(=O)Nc3ccc(N(C)C)cc3)n2-c2ccc(C)cc2)cc1. The number of thioether (sulfide) groups is 1. The highest BCUT2D eigenvalue weighted by molar-refractivity contribution is 7.99. The summed E-state index contributed by atoms with van der Waals surface area (Å²) in [5.74, 6) is 1.58. The Labute approximate surface area is 203 Å². The number of ether oxygens (including phenoxy) is 1. The number of methoxy groups -OCH3 is 1. The summed E-state index contributed by atoms with van der Waals surface area (Å²) < 4.78 is 7.25. The van der Waals surface area contributed by atoms with Gasteiger partial charge in [0.15, 0.2) is 11.0 Å². The second kappa shape index (κ2) is 10.4.